The van der Waals surface area contributed by atoms with Crippen LogP contribution in [0.15, 0.2) is 18.2 Å². The van der Waals surface area contributed by atoms with Crippen molar-refractivity contribution in [2.45, 2.75) is 19.8 Å². The zero-order chi connectivity index (χ0) is 14.0. The van der Waals surface area contributed by atoms with Crippen LogP contribution in [0.25, 0.3) is 0 Å². The molecule has 1 saturated heterocycles. The summed E-state index contributed by atoms with van der Waals surface area (Å²) in [6, 6.07) is 5.81. The molecule has 1 aromatic carbocycles. The first-order valence-corrected chi connectivity index (χ1v) is 9.02. The van der Waals surface area contributed by atoms with Crippen LogP contribution in [0.4, 0.5) is 5.69 Å². The fourth-order valence-corrected chi connectivity index (χ4v) is 4.77. The topological polar surface area (TPSA) is 63.2 Å². The third-order valence-electron chi connectivity index (χ3n) is 3.26. The predicted molar refractivity (Wildman–Crippen MR) is 83.9 cm³/mol. The van der Waals surface area contributed by atoms with E-state index >= 15 is 0 Å². The molecule has 0 radical (unpaired) electrons. The van der Waals surface area contributed by atoms with E-state index in [1.807, 2.05) is 25.1 Å². The lowest BCUT2D eigenvalue weighted by atomic mass is 10.0. The molecular weight excluding hydrogens is 377 g/mol. The number of sulfone groups is 1. The third-order valence-corrected chi connectivity index (χ3v) is 5.77. The van der Waals surface area contributed by atoms with Gasteiger partial charge in [0, 0.05) is 15.7 Å². The molecule has 0 aromatic heterocycles. The van der Waals surface area contributed by atoms with Gasteiger partial charge in [-0.05, 0) is 65.6 Å². The lowest BCUT2D eigenvalue weighted by Gasteiger charge is -2.11. The number of amides is 1. The highest BCUT2D eigenvalue weighted by atomic mass is 127. The molecular formula is C13H16INO3S. The predicted octanol–water partition coefficient (Wildman–Crippen LogP) is 2.36. The van der Waals surface area contributed by atoms with Crippen molar-refractivity contribution in [2.24, 2.45) is 5.92 Å². The second-order valence-corrected chi connectivity index (χ2v) is 8.45. The van der Waals surface area contributed by atoms with Gasteiger partial charge in [-0.15, -0.1) is 0 Å². The van der Waals surface area contributed by atoms with Gasteiger partial charge in [0.15, 0.2) is 9.84 Å². The fourth-order valence-electron chi connectivity index (χ4n) is 2.26. The second-order valence-electron chi connectivity index (χ2n) is 4.98. The van der Waals surface area contributed by atoms with Crippen molar-refractivity contribution in [1.82, 2.24) is 0 Å². The van der Waals surface area contributed by atoms with Crippen molar-refractivity contribution in [1.29, 1.82) is 0 Å². The Bertz CT molecular complexity index is 598. The Balaban J connectivity index is 1.95. The molecule has 1 heterocycles. The molecule has 1 aliphatic rings. The van der Waals surface area contributed by atoms with Crippen LogP contribution >= 0.6 is 22.6 Å². The van der Waals surface area contributed by atoms with Gasteiger partial charge in [0.25, 0.3) is 0 Å². The maximum absolute atomic E-state index is 11.9. The fraction of sp³-hybridized carbons (Fsp3) is 0.462. The number of carbonyl (C=O) groups excluding carboxylic acids is 1. The highest BCUT2D eigenvalue weighted by molar-refractivity contribution is 14.1. The first-order valence-electron chi connectivity index (χ1n) is 6.12. The van der Waals surface area contributed by atoms with E-state index in [0.29, 0.717) is 6.42 Å². The highest BCUT2D eigenvalue weighted by Gasteiger charge is 2.29. The molecule has 2 rings (SSSR count). The molecule has 1 aromatic rings. The van der Waals surface area contributed by atoms with E-state index in [1.54, 1.807) is 0 Å². The standard InChI is InChI=1S/C13H16INO3S/c1-9-6-11(14)2-3-12(9)15-13(16)7-10-4-5-19(17,18)8-10/h2-3,6,10H,4-5,7-8H2,1H3,(H,15,16). The van der Waals surface area contributed by atoms with Crippen molar-refractivity contribution >= 4 is 44.0 Å². The molecule has 0 spiro atoms. The molecule has 0 saturated carbocycles. The minimum atomic E-state index is -2.91. The van der Waals surface area contributed by atoms with Crippen LogP contribution < -0.4 is 5.32 Å². The number of aryl methyl sites for hydroxylation is 1. The Morgan fingerprint density at radius 3 is 2.79 bits per heavy atom. The Morgan fingerprint density at radius 1 is 1.47 bits per heavy atom. The summed E-state index contributed by atoms with van der Waals surface area (Å²) in [5.41, 5.74) is 1.81. The van der Waals surface area contributed by atoms with Gasteiger partial charge >= 0.3 is 0 Å². The molecule has 1 amide bonds. The zero-order valence-corrected chi connectivity index (χ0v) is 13.6. The van der Waals surface area contributed by atoms with Crippen LogP contribution in [-0.2, 0) is 14.6 Å². The molecule has 1 fully saturated rings. The van der Waals surface area contributed by atoms with Crippen LogP contribution in [-0.4, -0.2) is 25.8 Å². The Kier molecular flexibility index (Phi) is 4.50. The quantitative estimate of drug-likeness (QED) is 0.803. The number of benzene rings is 1. The van der Waals surface area contributed by atoms with E-state index in [-0.39, 0.29) is 29.8 Å². The molecule has 6 heteroatoms. The smallest absolute Gasteiger partial charge is 0.224 e. The van der Waals surface area contributed by atoms with E-state index in [0.717, 1.165) is 14.8 Å². The van der Waals surface area contributed by atoms with Crippen molar-refractivity contribution in [3.8, 4) is 0 Å². The van der Waals surface area contributed by atoms with Gasteiger partial charge in [0.1, 0.15) is 0 Å². The van der Waals surface area contributed by atoms with Gasteiger partial charge in [-0.1, -0.05) is 0 Å². The maximum Gasteiger partial charge on any atom is 0.224 e. The Labute approximate surface area is 127 Å². The third kappa shape index (κ3) is 4.17. The summed E-state index contributed by atoms with van der Waals surface area (Å²) in [5.74, 6) is 0.222. The Morgan fingerprint density at radius 2 is 2.21 bits per heavy atom. The summed E-state index contributed by atoms with van der Waals surface area (Å²) in [7, 11) is -2.91. The van der Waals surface area contributed by atoms with Crippen molar-refractivity contribution in [2.75, 3.05) is 16.8 Å². The molecule has 0 bridgehead atoms. The average Bonchev–Trinajstić information content (AvgIpc) is 2.62. The molecule has 1 atom stereocenters. The summed E-state index contributed by atoms with van der Waals surface area (Å²) in [4.78, 5) is 11.9. The van der Waals surface area contributed by atoms with Crippen molar-refractivity contribution < 1.29 is 13.2 Å². The lowest BCUT2D eigenvalue weighted by molar-refractivity contribution is -0.116. The molecule has 19 heavy (non-hydrogen) atoms. The molecule has 1 N–H and O–H groups in total. The van der Waals surface area contributed by atoms with Crippen LogP contribution in [0.1, 0.15) is 18.4 Å². The van der Waals surface area contributed by atoms with Gasteiger partial charge in [-0.2, -0.15) is 0 Å². The molecule has 1 unspecified atom stereocenters. The SMILES string of the molecule is Cc1cc(I)ccc1NC(=O)CC1CCS(=O)(=O)C1. The highest BCUT2D eigenvalue weighted by Crippen LogP contribution is 2.23. The van der Waals surface area contributed by atoms with Gasteiger partial charge in [0.2, 0.25) is 5.91 Å². The minimum Gasteiger partial charge on any atom is -0.326 e. The van der Waals surface area contributed by atoms with Crippen molar-refractivity contribution in [3.05, 3.63) is 27.3 Å². The normalized spacial score (nSPS) is 21.3. The second kappa shape index (κ2) is 5.78. The number of hydrogen-bond acceptors (Lipinski definition) is 3. The Hall–Kier alpha value is -0.630. The zero-order valence-electron chi connectivity index (χ0n) is 10.6. The van der Waals surface area contributed by atoms with Gasteiger partial charge in [-0.25, -0.2) is 8.42 Å². The number of halogens is 1. The summed E-state index contributed by atoms with van der Waals surface area (Å²) in [6.07, 6.45) is 0.881. The monoisotopic (exact) mass is 393 g/mol. The van der Waals surface area contributed by atoms with Crippen LogP contribution in [0.5, 0.6) is 0 Å². The van der Waals surface area contributed by atoms with E-state index in [1.165, 1.54) is 0 Å². The van der Waals surface area contributed by atoms with Gasteiger partial charge in [-0.3, -0.25) is 4.79 Å². The van der Waals surface area contributed by atoms with Crippen molar-refractivity contribution in [3.63, 3.8) is 0 Å². The molecule has 0 aliphatic carbocycles. The van der Waals surface area contributed by atoms with E-state index < -0.39 is 9.84 Å². The number of hydrogen-bond donors (Lipinski definition) is 1. The maximum atomic E-state index is 11.9. The largest absolute Gasteiger partial charge is 0.326 e. The average molecular weight is 393 g/mol. The lowest BCUT2D eigenvalue weighted by Crippen LogP contribution is -2.18. The number of nitrogens with one attached hydrogen (secondary N) is 1. The number of anilines is 1. The summed E-state index contributed by atoms with van der Waals surface area (Å²) < 4.78 is 23.8. The minimum absolute atomic E-state index is 0.0332. The number of carbonyl (C=O) groups is 1. The first-order chi connectivity index (χ1) is 8.85. The molecule has 104 valence electrons. The summed E-state index contributed by atoms with van der Waals surface area (Å²) in [5, 5.41) is 2.85. The van der Waals surface area contributed by atoms with E-state index in [2.05, 4.69) is 27.9 Å². The van der Waals surface area contributed by atoms with Gasteiger partial charge in [0.05, 0.1) is 11.5 Å². The molecule has 4 nitrogen and oxygen atoms in total. The summed E-state index contributed by atoms with van der Waals surface area (Å²) >= 11 is 2.22. The van der Waals surface area contributed by atoms with Crippen LogP contribution in [0.2, 0.25) is 0 Å². The number of rotatable bonds is 3. The van der Waals surface area contributed by atoms with E-state index in [9.17, 15) is 13.2 Å². The van der Waals surface area contributed by atoms with Gasteiger partial charge < -0.3 is 5.32 Å². The first kappa shape index (κ1) is 14.8. The summed E-state index contributed by atoms with van der Waals surface area (Å²) in [6.45, 7) is 1.94. The van der Waals surface area contributed by atoms with Crippen LogP contribution in [0, 0.1) is 16.4 Å². The molecule has 1 aliphatic heterocycles. The van der Waals surface area contributed by atoms with E-state index in [4.69, 9.17) is 0 Å². The van der Waals surface area contributed by atoms with Crippen LogP contribution in [0.3, 0.4) is 0 Å².